The van der Waals surface area contributed by atoms with E-state index in [1.807, 2.05) is 56.4 Å². The highest BCUT2D eigenvalue weighted by Gasteiger charge is 2.16. The van der Waals surface area contributed by atoms with Crippen molar-refractivity contribution >= 4 is 11.9 Å². The normalized spacial score (nSPS) is 17.2. The molecule has 8 nitrogen and oxygen atoms in total. The van der Waals surface area contributed by atoms with Gasteiger partial charge in [-0.2, -0.15) is 0 Å². The maximum Gasteiger partial charge on any atom is 0.255 e. The monoisotopic (exact) mass is 523 g/mol. The lowest BCUT2D eigenvalue weighted by Crippen LogP contribution is -2.44. The first-order valence-corrected chi connectivity index (χ1v) is 13.2. The molecule has 0 unspecified atom stereocenters. The second kappa shape index (κ2) is 13.6. The molecule has 0 aromatic carbocycles. The number of nitrogens with one attached hydrogen (secondary N) is 2. The van der Waals surface area contributed by atoms with Crippen LogP contribution in [0, 0.1) is 0 Å². The van der Waals surface area contributed by atoms with Crippen LogP contribution in [0.2, 0.25) is 0 Å². The number of hydrogen-bond acceptors (Lipinski definition) is 7. The fourth-order valence-electron chi connectivity index (χ4n) is 4.25. The highest BCUT2D eigenvalue weighted by atomic mass is 16.1. The van der Waals surface area contributed by atoms with Crippen molar-refractivity contribution in [2.45, 2.75) is 20.3 Å². The number of hydrogen-bond donors (Lipinski definition) is 2. The summed E-state index contributed by atoms with van der Waals surface area (Å²) < 4.78 is 0. The summed E-state index contributed by atoms with van der Waals surface area (Å²) in [6.45, 7) is 13.1. The number of aromatic nitrogens is 3. The number of carbonyl (C=O) groups is 1. The van der Waals surface area contributed by atoms with Crippen LogP contribution in [-0.2, 0) is 4.79 Å². The Morgan fingerprint density at radius 1 is 1.13 bits per heavy atom. The van der Waals surface area contributed by atoms with Gasteiger partial charge < -0.3 is 15.5 Å². The highest BCUT2D eigenvalue weighted by Crippen LogP contribution is 2.19. The molecule has 0 radical (unpaired) electrons. The van der Waals surface area contributed by atoms with E-state index in [0.717, 1.165) is 56.0 Å². The summed E-state index contributed by atoms with van der Waals surface area (Å²) in [7, 11) is 2.16. The predicted octanol–water partition coefficient (Wildman–Crippen LogP) is 4.49. The van der Waals surface area contributed by atoms with Gasteiger partial charge in [0.2, 0.25) is 5.95 Å². The summed E-state index contributed by atoms with van der Waals surface area (Å²) in [5, 5.41) is 6.28. The van der Waals surface area contributed by atoms with Crippen LogP contribution in [0.1, 0.15) is 20.3 Å². The molecule has 2 aliphatic rings. The average Bonchev–Trinajstić information content (AvgIpc) is 3.19. The number of likely N-dealkylation sites (N-methyl/N-ethyl adjacent to an activating group) is 1. The number of allylic oxidation sites excluding steroid dienone is 5. The molecule has 0 bridgehead atoms. The molecule has 0 saturated carbocycles. The second-order valence-corrected chi connectivity index (χ2v) is 9.76. The summed E-state index contributed by atoms with van der Waals surface area (Å²) in [6, 6.07) is 5.65. The van der Waals surface area contributed by atoms with E-state index in [-0.39, 0.29) is 5.91 Å². The van der Waals surface area contributed by atoms with Crippen LogP contribution in [0.4, 0.5) is 5.95 Å². The number of piperazine rings is 1. The van der Waals surface area contributed by atoms with Crippen LogP contribution < -0.4 is 10.6 Å². The second-order valence-electron chi connectivity index (χ2n) is 9.76. The molecule has 8 heteroatoms. The number of amides is 1. The van der Waals surface area contributed by atoms with E-state index in [0.29, 0.717) is 22.9 Å². The fourth-order valence-corrected chi connectivity index (χ4v) is 4.25. The first-order chi connectivity index (χ1) is 18.9. The Balaban J connectivity index is 1.40. The first-order valence-electron chi connectivity index (χ1n) is 13.2. The number of anilines is 1. The maximum atomic E-state index is 13.2. The van der Waals surface area contributed by atoms with Crippen LogP contribution in [0.15, 0.2) is 108 Å². The Labute approximate surface area is 231 Å². The van der Waals surface area contributed by atoms with Crippen molar-refractivity contribution in [1.29, 1.82) is 0 Å². The van der Waals surface area contributed by atoms with Crippen molar-refractivity contribution in [1.82, 2.24) is 30.1 Å². The van der Waals surface area contributed by atoms with Gasteiger partial charge in [-0.25, -0.2) is 9.97 Å². The molecule has 0 atom stereocenters. The minimum Gasteiger partial charge on any atom is -0.324 e. The number of pyridine rings is 1. The SMILES string of the molecule is C=C(C)/C(=C\C(=C/C)NC(=O)C1=CCC=C(CN2CCN(C)CC2)C=C1)Nc1nccc(-c2cccnc2)n1. The van der Waals surface area contributed by atoms with Gasteiger partial charge in [-0.05, 0) is 68.8 Å². The summed E-state index contributed by atoms with van der Waals surface area (Å²) in [5.74, 6) is 0.279. The Kier molecular flexibility index (Phi) is 9.72. The summed E-state index contributed by atoms with van der Waals surface area (Å²) in [6.07, 6.45) is 17.8. The lowest BCUT2D eigenvalue weighted by atomic mass is 10.1. The van der Waals surface area contributed by atoms with Crippen molar-refractivity contribution in [3.8, 4) is 11.3 Å². The molecule has 202 valence electrons. The van der Waals surface area contributed by atoms with Crippen molar-refractivity contribution in [2.75, 3.05) is 45.1 Å². The number of carbonyl (C=O) groups excluding carboxylic acids is 1. The minimum absolute atomic E-state index is 0.152. The van der Waals surface area contributed by atoms with E-state index in [2.05, 4.69) is 61.2 Å². The van der Waals surface area contributed by atoms with Crippen LogP contribution in [0.3, 0.4) is 0 Å². The molecular formula is C31H37N7O. The van der Waals surface area contributed by atoms with Gasteiger partial charge in [-0.15, -0.1) is 0 Å². The smallest absolute Gasteiger partial charge is 0.255 e. The topological polar surface area (TPSA) is 86.3 Å². The van der Waals surface area contributed by atoms with E-state index in [9.17, 15) is 4.79 Å². The van der Waals surface area contributed by atoms with Crippen LogP contribution >= 0.6 is 0 Å². The van der Waals surface area contributed by atoms with Crippen molar-refractivity contribution < 1.29 is 4.79 Å². The Morgan fingerprint density at radius 2 is 1.95 bits per heavy atom. The fraction of sp³-hybridized carbons (Fsp3) is 0.290. The molecule has 3 heterocycles. The van der Waals surface area contributed by atoms with Gasteiger partial charge in [0.25, 0.3) is 5.91 Å². The zero-order valence-corrected chi connectivity index (χ0v) is 23.0. The van der Waals surface area contributed by atoms with Crippen LogP contribution in [-0.4, -0.2) is 70.4 Å². The highest BCUT2D eigenvalue weighted by molar-refractivity contribution is 5.97. The van der Waals surface area contributed by atoms with Crippen molar-refractivity contribution in [2.24, 2.45) is 0 Å². The van der Waals surface area contributed by atoms with E-state index in [1.165, 1.54) is 5.57 Å². The third-order valence-corrected chi connectivity index (χ3v) is 6.65. The molecular weight excluding hydrogens is 486 g/mol. The largest absolute Gasteiger partial charge is 0.324 e. The molecule has 2 aromatic rings. The van der Waals surface area contributed by atoms with Crippen molar-refractivity contribution in [3.63, 3.8) is 0 Å². The molecule has 1 aliphatic carbocycles. The van der Waals surface area contributed by atoms with Gasteiger partial charge in [0, 0.05) is 73.8 Å². The van der Waals surface area contributed by atoms with E-state index < -0.39 is 0 Å². The van der Waals surface area contributed by atoms with E-state index >= 15 is 0 Å². The predicted molar refractivity (Wildman–Crippen MR) is 158 cm³/mol. The average molecular weight is 524 g/mol. The molecule has 2 N–H and O–H groups in total. The van der Waals surface area contributed by atoms with Gasteiger partial charge >= 0.3 is 0 Å². The third kappa shape index (κ3) is 8.17. The zero-order chi connectivity index (χ0) is 27.6. The third-order valence-electron chi connectivity index (χ3n) is 6.65. The van der Waals surface area contributed by atoms with Crippen LogP contribution in [0.5, 0.6) is 0 Å². The molecule has 2 aromatic heterocycles. The molecule has 0 spiro atoms. The Hall–Kier alpha value is -4.14. The summed E-state index contributed by atoms with van der Waals surface area (Å²) >= 11 is 0. The zero-order valence-electron chi connectivity index (χ0n) is 23.0. The van der Waals surface area contributed by atoms with E-state index in [1.54, 1.807) is 18.6 Å². The molecule has 1 saturated heterocycles. The van der Waals surface area contributed by atoms with Gasteiger partial charge in [0.05, 0.1) is 5.69 Å². The molecule has 1 amide bonds. The maximum absolute atomic E-state index is 13.2. The van der Waals surface area contributed by atoms with Crippen LogP contribution in [0.25, 0.3) is 11.3 Å². The van der Waals surface area contributed by atoms with Gasteiger partial charge in [0.15, 0.2) is 0 Å². The molecule has 39 heavy (non-hydrogen) atoms. The Morgan fingerprint density at radius 3 is 2.67 bits per heavy atom. The van der Waals surface area contributed by atoms with Gasteiger partial charge in [0.1, 0.15) is 0 Å². The first kappa shape index (κ1) is 27.9. The van der Waals surface area contributed by atoms with Gasteiger partial charge in [-0.3, -0.25) is 14.7 Å². The molecule has 4 rings (SSSR count). The lowest BCUT2D eigenvalue weighted by Gasteiger charge is -2.32. The number of rotatable bonds is 9. The number of nitrogens with zero attached hydrogens (tertiary/aromatic N) is 5. The Bertz CT molecular complexity index is 1330. The summed E-state index contributed by atoms with van der Waals surface area (Å²) in [5.41, 5.74) is 5.68. The van der Waals surface area contributed by atoms with E-state index in [4.69, 9.17) is 0 Å². The van der Waals surface area contributed by atoms with Gasteiger partial charge in [-0.1, -0.05) is 30.9 Å². The summed E-state index contributed by atoms with van der Waals surface area (Å²) in [4.78, 5) is 31.1. The molecule has 1 aliphatic heterocycles. The minimum atomic E-state index is -0.152. The molecule has 1 fully saturated rings. The van der Waals surface area contributed by atoms with Crippen molar-refractivity contribution in [3.05, 3.63) is 108 Å². The lowest BCUT2D eigenvalue weighted by molar-refractivity contribution is -0.116. The standard InChI is InChI=1S/C31H37N7O/c1-5-27(20-29(23(2)3)36-31-33-15-13-28(35-31)26-10-7-14-32-21-26)34-30(39)25-9-6-8-24(11-12-25)22-38-18-16-37(4)17-19-38/h5,7-15,20-21H,2,6,16-19,22H2,1,3-4H3,(H,34,39)(H,33,35,36)/b27-5+,29-20+. The quantitative estimate of drug-likeness (QED) is 0.469.